The van der Waals surface area contributed by atoms with Crippen molar-refractivity contribution in [3.05, 3.63) is 68.9 Å². The molecule has 144 valence electrons. The van der Waals surface area contributed by atoms with Crippen LogP contribution in [0.2, 0.25) is 0 Å². The van der Waals surface area contributed by atoms with Gasteiger partial charge in [0.25, 0.3) is 5.91 Å². The van der Waals surface area contributed by atoms with Gasteiger partial charge in [0.15, 0.2) is 5.78 Å². The van der Waals surface area contributed by atoms with Crippen molar-refractivity contribution in [3.63, 3.8) is 0 Å². The minimum atomic E-state index is -0.375. The fourth-order valence-electron chi connectivity index (χ4n) is 3.01. The molecule has 0 spiro atoms. The standard InChI is InChI=1S/C21H20IN3O3/c1-13(27)19(23)18-10-11-25(17-8-4-15(22)5-9-17)21(28)20(18)24-16-6-2-14(12-26)3-7-16/h2-9,23-24,26H,10-12H2,1H3. The lowest BCUT2D eigenvalue weighted by atomic mass is 9.96. The highest BCUT2D eigenvalue weighted by Gasteiger charge is 2.31. The second kappa shape index (κ2) is 8.66. The Hall–Kier alpha value is -2.52. The summed E-state index contributed by atoms with van der Waals surface area (Å²) in [6.45, 7) is 1.67. The second-order valence-electron chi connectivity index (χ2n) is 6.45. The van der Waals surface area contributed by atoms with Gasteiger partial charge in [0.2, 0.25) is 0 Å². The normalized spacial score (nSPS) is 14.2. The first-order valence-electron chi connectivity index (χ1n) is 8.78. The number of anilines is 2. The Labute approximate surface area is 176 Å². The predicted octanol–water partition coefficient (Wildman–Crippen LogP) is 3.50. The van der Waals surface area contributed by atoms with Gasteiger partial charge in [-0.1, -0.05) is 12.1 Å². The summed E-state index contributed by atoms with van der Waals surface area (Å²) in [5.41, 5.74) is 2.69. The van der Waals surface area contributed by atoms with Gasteiger partial charge in [0.05, 0.1) is 6.61 Å². The number of nitrogens with zero attached hydrogens (tertiary/aromatic N) is 1. The highest BCUT2D eigenvalue weighted by Crippen LogP contribution is 2.27. The number of carbonyl (C=O) groups excluding carboxylic acids is 2. The SMILES string of the molecule is CC(=O)C(=N)C1=C(Nc2ccc(CO)cc2)C(=O)N(c2ccc(I)cc2)CC1. The number of nitrogens with one attached hydrogen (secondary N) is 2. The number of benzene rings is 2. The van der Waals surface area contributed by atoms with E-state index >= 15 is 0 Å². The van der Waals surface area contributed by atoms with Crippen LogP contribution in [0.25, 0.3) is 0 Å². The Morgan fingerprint density at radius 1 is 1.18 bits per heavy atom. The summed E-state index contributed by atoms with van der Waals surface area (Å²) in [5, 5.41) is 20.4. The monoisotopic (exact) mass is 489 g/mol. The lowest BCUT2D eigenvalue weighted by molar-refractivity contribution is -0.115. The predicted molar refractivity (Wildman–Crippen MR) is 118 cm³/mol. The number of rotatable bonds is 6. The maximum absolute atomic E-state index is 13.2. The summed E-state index contributed by atoms with van der Waals surface area (Å²) in [4.78, 5) is 26.7. The van der Waals surface area contributed by atoms with E-state index < -0.39 is 0 Å². The highest BCUT2D eigenvalue weighted by molar-refractivity contribution is 14.1. The van der Waals surface area contributed by atoms with Crippen LogP contribution in [0.5, 0.6) is 0 Å². The van der Waals surface area contributed by atoms with Crippen LogP contribution < -0.4 is 10.2 Å². The van der Waals surface area contributed by atoms with Crippen molar-refractivity contribution < 1.29 is 14.7 Å². The smallest absolute Gasteiger partial charge is 0.275 e. The van der Waals surface area contributed by atoms with Crippen molar-refractivity contribution in [1.82, 2.24) is 0 Å². The molecule has 3 rings (SSSR count). The number of hydrogen-bond acceptors (Lipinski definition) is 5. The summed E-state index contributed by atoms with van der Waals surface area (Å²) in [6, 6.07) is 14.6. The van der Waals surface area contributed by atoms with Crippen molar-refractivity contribution in [1.29, 1.82) is 5.41 Å². The lowest BCUT2D eigenvalue weighted by Crippen LogP contribution is -2.41. The number of aliphatic hydroxyl groups is 1. The molecule has 0 saturated carbocycles. The van der Waals surface area contributed by atoms with Gasteiger partial charge >= 0.3 is 0 Å². The Morgan fingerprint density at radius 2 is 1.82 bits per heavy atom. The Kier molecular flexibility index (Phi) is 6.25. The van der Waals surface area contributed by atoms with Crippen molar-refractivity contribution in [3.8, 4) is 0 Å². The molecule has 0 aliphatic carbocycles. The van der Waals surface area contributed by atoms with E-state index in [0.29, 0.717) is 24.2 Å². The van der Waals surface area contributed by atoms with Crippen LogP contribution in [0.15, 0.2) is 59.8 Å². The maximum Gasteiger partial charge on any atom is 0.275 e. The molecule has 1 heterocycles. The molecule has 7 heteroatoms. The number of Topliss-reactive ketones (excluding diaryl/α,β-unsaturated/α-hetero) is 1. The third-order valence-corrected chi connectivity index (χ3v) is 5.26. The molecule has 1 amide bonds. The second-order valence-corrected chi connectivity index (χ2v) is 7.69. The zero-order valence-electron chi connectivity index (χ0n) is 15.3. The van der Waals surface area contributed by atoms with Crippen LogP contribution in [0.3, 0.4) is 0 Å². The summed E-state index contributed by atoms with van der Waals surface area (Å²) in [6.07, 6.45) is 0.410. The van der Waals surface area contributed by atoms with Gasteiger partial charge in [-0.2, -0.15) is 0 Å². The van der Waals surface area contributed by atoms with E-state index in [0.717, 1.165) is 14.8 Å². The average molecular weight is 489 g/mol. The van der Waals surface area contributed by atoms with Gasteiger partial charge in [-0.05, 0) is 71.0 Å². The summed E-state index contributed by atoms with van der Waals surface area (Å²) < 4.78 is 1.07. The van der Waals surface area contributed by atoms with Gasteiger partial charge in [0, 0.05) is 34.0 Å². The third kappa shape index (κ3) is 4.31. The van der Waals surface area contributed by atoms with E-state index in [9.17, 15) is 14.7 Å². The van der Waals surface area contributed by atoms with Gasteiger partial charge in [0.1, 0.15) is 11.4 Å². The number of amides is 1. The zero-order valence-corrected chi connectivity index (χ0v) is 17.5. The van der Waals surface area contributed by atoms with E-state index in [-0.39, 0.29) is 29.7 Å². The van der Waals surface area contributed by atoms with Gasteiger partial charge in [-0.3, -0.25) is 15.0 Å². The van der Waals surface area contributed by atoms with E-state index in [4.69, 9.17) is 5.41 Å². The van der Waals surface area contributed by atoms with Crippen LogP contribution >= 0.6 is 22.6 Å². The molecule has 28 heavy (non-hydrogen) atoms. The molecular weight excluding hydrogens is 469 g/mol. The molecule has 0 saturated heterocycles. The number of hydrogen-bond donors (Lipinski definition) is 3. The fourth-order valence-corrected chi connectivity index (χ4v) is 3.37. The molecule has 0 aromatic heterocycles. The molecule has 2 aromatic carbocycles. The van der Waals surface area contributed by atoms with Gasteiger partial charge < -0.3 is 15.3 Å². The summed E-state index contributed by atoms with van der Waals surface area (Å²) in [7, 11) is 0. The molecule has 0 unspecified atom stereocenters. The first-order chi connectivity index (χ1) is 13.4. The summed E-state index contributed by atoms with van der Waals surface area (Å²) in [5.74, 6) is -0.653. The Bertz CT molecular complexity index is 950. The van der Waals surface area contributed by atoms with Crippen LogP contribution in [-0.4, -0.2) is 29.1 Å². The largest absolute Gasteiger partial charge is 0.392 e. The Balaban J connectivity index is 1.98. The molecule has 6 nitrogen and oxygen atoms in total. The molecule has 0 bridgehead atoms. The van der Waals surface area contributed by atoms with E-state index in [1.165, 1.54) is 6.92 Å². The van der Waals surface area contributed by atoms with E-state index in [2.05, 4.69) is 27.9 Å². The first-order valence-corrected chi connectivity index (χ1v) is 9.86. The molecule has 0 fully saturated rings. The van der Waals surface area contributed by atoms with Crippen molar-refractivity contribution in [2.75, 3.05) is 16.8 Å². The molecule has 2 aromatic rings. The molecular formula is C21H20IN3O3. The topological polar surface area (TPSA) is 93.5 Å². The van der Waals surface area contributed by atoms with Crippen LogP contribution in [0, 0.1) is 8.98 Å². The Morgan fingerprint density at radius 3 is 2.39 bits per heavy atom. The highest BCUT2D eigenvalue weighted by atomic mass is 127. The minimum Gasteiger partial charge on any atom is -0.392 e. The third-order valence-electron chi connectivity index (χ3n) is 4.54. The van der Waals surface area contributed by atoms with Crippen LogP contribution in [-0.2, 0) is 16.2 Å². The lowest BCUT2D eigenvalue weighted by Gasteiger charge is -2.31. The minimum absolute atomic E-state index is 0.0667. The zero-order chi connectivity index (χ0) is 20.3. The van der Waals surface area contributed by atoms with Crippen molar-refractivity contribution in [2.45, 2.75) is 20.0 Å². The van der Waals surface area contributed by atoms with Crippen LogP contribution in [0.1, 0.15) is 18.9 Å². The number of carbonyl (C=O) groups is 2. The quantitative estimate of drug-likeness (QED) is 0.428. The van der Waals surface area contributed by atoms with E-state index in [1.54, 1.807) is 29.2 Å². The number of aliphatic hydroxyl groups excluding tert-OH is 1. The molecule has 0 radical (unpaired) electrons. The summed E-state index contributed by atoms with van der Waals surface area (Å²) >= 11 is 2.21. The number of halogens is 1. The van der Waals surface area contributed by atoms with Crippen LogP contribution in [0.4, 0.5) is 11.4 Å². The first kappa shape index (κ1) is 20.2. The maximum atomic E-state index is 13.2. The molecule has 3 N–H and O–H groups in total. The molecule has 0 atom stereocenters. The molecule has 1 aliphatic heterocycles. The van der Waals surface area contributed by atoms with Crippen molar-refractivity contribution >= 4 is 51.4 Å². The fraction of sp³-hybridized carbons (Fsp3) is 0.190. The van der Waals surface area contributed by atoms with Gasteiger partial charge in [-0.25, -0.2) is 0 Å². The average Bonchev–Trinajstić information content (AvgIpc) is 2.70. The number of ketones is 1. The van der Waals surface area contributed by atoms with E-state index in [1.807, 2.05) is 24.3 Å². The van der Waals surface area contributed by atoms with Crippen molar-refractivity contribution in [2.24, 2.45) is 0 Å². The molecule has 1 aliphatic rings. The van der Waals surface area contributed by atoms with Gasteiger partial charge in [-0.15, -0.1) is 0 Å².